The molecule has 2 heterocycles. The standard InChI is InChI=1S/C17H23N5OS/c1-20(2)14-5-3-13(4-6-14)11-15-16(23)22(17(24)19-15)12-21-9-7-18-8-10-21/h3-6,11,18H,7-10,12H2,1-2H3,(H,19,24)/b15-11-. The molecule has 1 aromatic carbocycles. The Morgan fingerprint density at radius 1 is 1.21 bits per heavy atom. The Morgan fingerprint density at radius 2 is 1.88 bits per heavy atom. The lowest BCUT2D eigenvalue weighted by Gasteiger charge is -2.30. The van der Waals surface area contributed by atoms with Gasteiger partial charge in [0.2, 0.25) is 0 Å². The molecule has 24 heavy (non-hydrogen) atoms. The van der Waals surface area contributed by atoms with Gasteiger partial charge in [-0.05, 0) is 36.0 Å². The number of carbonyl (C=O) groups excluding carboxylic acids is 1. The quantitative estimate of drug-likeness (QED) is 0.618. The van der Waals surface area contributed by atoms with E-state index in [0.717, 1.165) is 37.4 Å². The lowest BCUT2D eigenvalue weighted by atomic mass is 10.1. The molecule has 1 amide bonds. The van der Waals surface area contributed by atoms with Crippen LogP contribution in [0, 0.1) is 0 Å². The third kappa shape index (κ3) is 3.75. The average Bonchev–Trinajstić information content (AvgIpc) is 2.84. The molecule has 0 atom stereocenters. The third-order valence-electron chi connectivity index (χ3n) is 4.23. The fourth-order valence-corrected chi connectivity index (χ4v) is 3.04. The predicted octanol–water partition coefficient (Wildman–Crippen LogP) is 0.673. The van der Waals surface area contributed by atoms with Crippen LogP contribution in [0.4, 0.5) is 5.69 Å². The van der Waals surface area contributed by atoms with Crippen LogP contribution in [0.1, 0.15) is 5.56 Å². The van der Waals surface area contributed by atoms with Gasteiger partial charge in [-0.3, -0.25) is 14.6 Å². The summed E-state index contributed by atoms with van der Waals surface area (Å²) in [7, 11) is 4.00. The Balaban J connectivity index is 1.70. The molecule has 0 aliphatic carbocycles. The molecule has 2 aliphatic rings. The number of nitrogens with zero attached hydrogens (tertiary/aromatic N) is 3. The van der Waals surface area contributed by atoms with Crippen LogP contribution in [0.5, 0.6) is 0 Å². The molecule has 1 aromatic rings. The molecule has 0 saturated carbocycles. The van der Waals surface area contributed by atoms with Crippen LogP contribution in [0.25, 0.3) is 6.08 Å². The number of rotatable bonds is 4. The van der Waals surface area contributed by atoms with Crippen LogP contribution in [0.3, 0.4) is 0 Å². The van der Waals surface area contributed by atoms with Gasteiger partial charge in [0.05, 0.1) is 6.67 Å². The molecule has 0 spiro atoms. The highest BCUT2D eigenvalue weighted by Gasteiger charge is 2.32. The van der Waals surface area contributed by atoms with E-state index in [-0.39, 0.29) is 5.91 Å². The molecule has 2 N–H and O–H groups in total. The lowest BCUT2D eigenvalue weighted by molar-refractivity contribution is -0.123. The molecule has 2 saturated heterocycles. The van der Waals surface area contributed by atoms with E-state index in [9.17, 15) is 4.79 Å². The van der Waals surface area contributed by atoms with Gasteiger partial charge in [-0.15, -0.1) is 0 Å². The second kappa shape index (κ2) is 7.29. The number of hydrogen-bond acceptors (Lipinski definition) is 5. The number of thiocarbonyl (C=S) groups is 1. The van der Waals surface area contributed by atoms with Crippen molar-refractivity contribution in [3.8, 4) is 0 Å². The van der Waals surface area contributed by atoms with Crippen molar-refractivity contribution >= 4 is 35.0 Å². The minimum absolute atomic E-state index is 0.0600. The van der Waals surface area contributed by atoms with Crippen molar-refractivity contribution in [1.82, 2.24) is 20.4 Å². The Morgan fingerprint density at radius 3 is 2.50 bits per heavy atom. The Kier molecular flexibility index (Phi) is 5.13. The van der Waals surface area contributed by atoms with E-state index in [4.69, 9.17) is 12.2 Å². The summed E-state index contributed by atoms with van der Waals surface area (Å²) in [4.78, 5) is 18.5. The molecule has 0 aromatic heterocycles. The first-order valence-corrected chi connectivity index (χ1v) is 8.50. The topological polar surface area (TPSA) is 50.9 Å². The minimum Gasteiger partial charge on any atom is -0.378 e. The van der Waals surface area contributed by atoms with E-state index in [1.54, 1.807) is 4.90 Å². The highest BCUT2D eigenvalue weighted by molar-refractivity contribution is 7.80. The molecule has 7 heteroatoms. The Hall–Kier alpha value is -1.96. The van der Waals surface area contributed by atoms with Gasteiger partial charge in [0.15, 0.2) is 5.11 Å². The maximum atomic E-state index is 12.6. The zero-order valence-electron chi connectivity index (χ0n) is 14.1. The first-order valence-electron chi connectivity index (χ1n) is 8.09. The van der Waals surface area contributed by atoms with Crippen LogP contribution in [-0.2, 0) is 4.79 Å². The van der Waals surface area contributed by atoms with Crippen LogP contribution in [-0.4, -0.2) is 67.8 Å². The number of nitrogens with one attached hydrogen (secondary N) is 2. The van der Waals surface area contributed by atoms with Crippen molar-refractivity contribution in [2.24, 2.45) is 0 Å². The summed E-state index contributed by atoms with van der Waals surface area (Å²) < 4.78 is 0. The molecule has 2 fully saturated rings. The van der Waals surface area contributed by atoms with Gasteiger partial charge in [-0.25, -0.2) is 0 Å². The van der Waals surface area contributed by atoms with Gasteiger partial charge in [0.1, 0.15) is 5.70 Å². The number of benzene rings is 1. The number of piperazine rings is 1. The molecule has 0 bridgehead atoms. The highest BCUT2D eigenvalue weighted by Crippen LogP contribution is 2.17. The van der Waals surface area contributed by atoms with Crippen molar-refractivity contribution in [3.05, 3.63) is 35.5 Å². The summed E-state index contributed by atoms with van der Waals surface area (Å²) in [5, 5.41) is 6.83. The first kappa shape index (κ1) is 16.9. The van der Waals surface area contributed by atoms with Crippen molar-refractivity contribution in [2.45, 2.75) is 0 Å². The molecule has 3 rings (SSSR count). The van der Waals surface area contributed by atoms with Gasteiger partial charge in [-0.1, -0.05) is 12.1 Å². The van der Waals surface area contributed by atoms with Gasteiger partial charge in [0.25, 0.3) is 5.91 Å². The maximum Gasteiger partial charge on any atom is 0.277 e. The molecule has 128 valence electrons. The van der Waals surface area contributed by atoms with Crippen molar-refractivity contribution in [3.63, 3.8) is 0 Å². The SMILES string of the molecule is CN(C)c1ccc(/C=C2\NC(=S)N(CN3CCNCC3)C2=O)cc1. The zero-order chi connectivity index (χ0) is 17.1. The van der Waals surface area contributed by atoms with E-state index in [1.165, 1.54) is 0 Å². The summed E-state index contributed by atoms with van der Waals surface area (Å²) in [6.45, 7) is 4.30. The van der Waals surface area contributed by atoms with E-state index in [2.05, 4.69) is 15.5 Å². The fourth-order valence-electron chi connectivity index (χ4n) is 2.79. The Bertz CT molecular complexity index is 649. The normalized spacial score (nSPS) is 20.6. The molecular weight excluding hydrogens is 322 g/mol. The summed E-state index contributed by atoms with van der Waals surface area (Å²) in [5.41, 5.74) is 2.63. The predicted molar refractivity (Wildman–Crippen MR) is 101 cm³/mol. The second-order valence-electron chi connectivity index (χ2n) is 6.22. The molecule has 0 radical (unpaired) electrons. The van der Waals surface area contributed by atoms with E-state index >= 15 is 0 Å². The molecule has 0 unspecified atom stereocenters. The van der Waals surface area contributed by atoms with Crippen LogP contribution >= 0.6 is 12.2 Å². The Labute approximate surface area is 148 Å². The van der Waals surface area contributed by atoms with Crippen molar-refractivity contribution in [2.75, 3.05) is 51.8 Å². The summed E-state index contributed by atoms with van der Waals surface area (Å²) in [6.07, 6.45) is 1.85. The summed E-state index contributed by atoms with van der Waals surface area (Å²) in [6, 6.07) is 8.06. The number of anilines is 1. The smallest absolute Gasteiger partial charge is 0.277 e. The molecule has 6 nitrogen and oxygen atoms in total. The van der Waals surface area contributed by atoms with Crippen LogP contribution < -0.4 is 15.5 Å². The largest absolute Gasteiger partial charge is 0.378 e. The summed E-state index contributed by atoms with van der Waals surface area (Å²) >= 11 is 5.34. The van der Waals surface area contributed by atoms with E-state index in [1.807, 2.05) is 49.3 Å². The van der Waals surface area contributed by atoms with Gasteiger partial charge in [0, 0.05) is 46.0 Å². The average molecular weight is 345 g/mol. The zero-order valence-corrected chi connectivity index (χ0v) is 14.9. The number of amides is 1. The number of hydrogen-bond donors (Lipinski definition) is 2. The van der Waals surface area contributed by atoms with E-state index in [0.29, 0.717) is 17.5 Å². The second-order valence-corrected chi connectivity index (χ2v) is 6.60. The first-order chi connectivity index (χ1) is 11.5. The molecular formula is C17H23N5OS. The van der Waals surface area contributed by atoms with Crippen LogP contribution in [0.2, 0.25) is 0 Å². The highest BCUT2D eigenvalue weighted by atomic mass is 32.1. The van der Waals surface area contributed by atoms with Gasteiger partial charge in [-0.2, -0.15) is 0 Å². The number of carbonyl (C=O) groups is 1. The summed E-state index contributed by atoms with van der Waals surface area (Å²) in [5.74, 6) is -0.0600. The van der Waals surface area contributed by atoms with Gasteiger partial charge < -0.3 is 15.5 Å². The maximum absolute atomic E-state index is 12.6. The van der Waals surface area contributed by atoms with E-state index < -0.39 is 0 Å². The minimum atomic E-state index is -0.0600. The molecule has 2 aliphatic heterocycles. The van der Waals surface area contributed by atoms with Crippen molar-refractivity contribution in [1.29, 1.82) is 0 Å². The lowest BCUT2D eigenvalue weighted by Crippen LogP contribution is -2.49. The van der Waals surface area contributed by atoms with Crippen LogP contribution in [0.15, 0.2) is 30.0 Å². The van der Waals surface area contributed by atoms with Gasteiger partial charge >= 0.3 is 0 Å². The monoisotopic (exact) mass is 345 g/mol. The van der Waals surface area contributed by atoms with Crippen molar-refractivity contribution < 1.29 is 4.79 Å². The fraction of sp³-hybridized carbons (Fsp3) is 0.412. The third-order valence-corrected chi connectivity index (χ3v) is 4.56.